The highest BCUT2D eigenvalue weighted by molar-refractivity contribution is 4.99. The fraction of sp³-hybridized carbons (Fsp3) is 0.636. The first kappa shape index (κ1) is 12.1. The quantitative estimate of drug-likeness (QED) is 0.714. The molecule has 0 amide bonds. The van der Waals surface area contributed by atoms with Crippen LogP contribution in [0.5, 0.6) is 0 Å². The number of hydrogen-bond donors (Lipinski definition) is 0. The van der Waals surface area contributed by atoms with Gasteiger partial charge < -0.3 is 0 Å². The van der Waals surface area contributed by atoms with Crippen molar-refractivity contribution in [3.8, 4) is 0 Å². The van der Waals surface area contributed by atoms with E-state index in [0.717, 1.165) is 12.1 Å². The van der Waals surface area contributed by atoms with Crippen molar-refractivity contribution in [2.24, 2.45) is 11.8 Å². The Labute approximate surface area is 81.4 Å². The number of aromatic nitrogens is 2. The van der Waals surface area contributed by atoms with Gasteiger partial charge in [-0.15, -0.1) is 0 Å². The third-order valence-corrected chi connectivity index (χ3v) is 2.30. The lowest BCUT2D eigenvalue weighted by Gasteiger charge is -2.13. The van der Waals surface area contributed by atoms with Crippen LogP contribution in [-0.2, 0) is 6.42 Å². The first-order chi connectivity index (χ1) is 5.70. The Balaban J connectivity index is 0.00000144. The van der Waals surface area contributed by atoms with E-state index in [0.29, 0.717) is 11.8 Å². The van der Waals surface area contributed by atoms with E-state index in [-0.39, 0.29) is 7.43 Å². The predicted molar refractivity (Wildman–Crippen MR) is 56.5 cm³/mol. The fourth-order valence-corrected chi connectivity index (χ4v) is 1.01. The third kappa shape index (κ3) is 4.02. The molecule has 0 saturated carbocycles. The molecule has 0 aliphatic carbocycles. The van der Waals surface area contributed by atoms with Crippen molar-refractivity contribution in [2.75, 3.05) is 0 Å². The van der Waals surface area contributed by atoms with E-state index in [9.17, 15) is 0 Å². The largest absolute Gasteiger partial charge is 0.159 e. The SMILES string of the molecule is C.CC(C)C(C)Cc1cccnn1. The molecular weight excluding hydrogens is 160 g/mol. The van der Waals surface area contributed by atoms with Gasteiger partial charge in [0.2, 0.25) is 0 Å². The maximum Gasteiger partial charge on any atom is 0.0633 e. The van der Waals surface area contributed by atoms with Gasteiger partial charge in [-0.1, -0.05) is 28.2 Å². The first-order valence-corrected chi connectivity index (χ1v) is 4.46. The zero-order valence-corrected chi connectivity index (χ0v) is 7.99. The molecule has 13 heavy (non-hydrogen) atoms. The minimum Gasteiger partial charge on any atom is -0.159 e. The molecule has 1 atom stereocenters. The molecule has 2 heteroatoms. The summed E-state index contributed by atoms with van der Waals surface area (Å²) in [7, 11) is 0. The summed E-state index contributed by atoms with van der Waals surface area (Å²) in [4.78, 5) is 0. The first-order valence-electron chi connectivity index (χ1n) is 4.46. The van der Waals surface area contributed by atoms with E-state index in [4.69, 9.17) is 0 Å². The van der Waals surface area contributed by atoms with Gasteiger partial charge in [-0.25, -0.2) is 0 Å². The number of nitrogens with zero attached hydrogens (tertiary/aromatic N) is 2. The monoisotopic (exact) mass is 180 g/mol. The predicted octanol–water partition coefficient (Wildman–Crippen LogP) is 2.95. The van der Waals surface area contributed by atoms with Gasteiger partial charge in [-0.3, -0.25) is 0 Å². The molecule has 1 aromatic heterocycles. The maximum absolute atomic E-state index is 4.05. The Morgan fingerprint density at radius 1 is 1.31 bits per heavy atom. The standard InChI is InChI=1S/C10H16N2.CH4/c1-8(2)9(3)7-10-5-4-6-11-12-10;/h4-6,8-9H,7H2,1-3H3;1H4. The lowest BCUT2D eigenvalue weighted by molar-refractivity contribution is 0.412. The molecule has 74 valence electrons. The summed E-state index contributed by atoms with van der Waals surface area (Å²) in [5.74, 6) is 1.40. The third-order valence-electron chi connectivity index (χ3n) is 2.30. The molecule has 1 unspecified atom stereocenters. The van der Waals surface area contributed by atoms with Crippen LogP contribution in [-0.4, -0.2) is 10.2 Å². The summed E-state index contributed by atoms with van der Waals surface area (Å²) in [5.41, 5.74) is 1.10. The highest BCUT2D eigenvalue weighted by Crippen LogP contribution is 2.14. The lowest BCUT2D eigenvalue weighted by atomic mass is 9.93. The van der Waals surface area contributed by atoms with Gasteiger partial charge in [0.15, 0.2) is 0 Å². The van der Waals surface area contributed by atoms with Crippen LogP contribution in [0.4, 0.5) is 0 Å². The smallest absolute Gasteiger partial charge is 0.0633 e. The van der Waals surface area contributed by atoms with E-state index in [1.807, 2.05) is 12.1 Å². The van der Waals surface area contributed by atoms with Gasteiger partial charge in [0.25, 0.3) is 0 Å². The van der Waals surface area contributed by atoms with Crippen molar-refractivity contribution in [1.29, 1.82) is 0 Å². The zero-order chi connectivity index (χ0) is 8.97. The summed E-state index contributed by atoms with van der Waals surface area (Å²) in [6, 6.07) is 3.97. The molecule has 0 aliphatic heterocycles. The molecular formula is C11H20N2. The highest BCUT2D eigenvalue weighted by atomic mass is 15.1. The molecule has 0 spiro atoms. The normalized spacial score (nSPS) is 12.3. The van der Waals surface area contributed by atoms with Crippen molar-refractivity contribution in [2.45, 2.75) is 34.6 Å². The van der Waals surface area contributed by atoms with Crippen molar-refractivity contribution in [1.82, 2.24) is 10.2 Å². The second-order valence-corrected chi connectivity index (χ2v) is 3.64. The summed E-state index contributed by atoms with van der Waals surface area (Å²) >= 11 is 0. The van der Waals surface area contributed by atoms with Crippen molar-refractivity contribution in [3.63, 3.8) is 0 Å². The molecule has 1 aromatic rings. The minimum atomic E-state index is 0. The van der Waals surface area contributed by atoms with E-state index in [1.54, 1.807) is 6.20 Å². The number of rotatable bonds is 3. The Hall–Kier alpha value is -0.920. The van der Waals surface area contributed by atoms with Crippen molar-refractivity contribution < 1.29 is 0 Å². The van der Waals surface area contributed by atoms with Gasteiger partial charge in [0, 0.05) is 6.20 Å². The minimum absolute atomic E-state index is 0. The molecule has 2 nitrogen and oxygen atoms in total. The zero-order valence-electron chi connectivity index (χ0n) is 7.99. The van der Waals surface area contributed by atoms with Gasteiger partial charge in [0.1, 0.15) is 0 Å². The Bertz CT molecular complexity index is 219. The van der Waals surface area contributed by atoms with Crippen LogP contribution >= 0.6 is 0 Å². The Morgan fingerprint density at radius 2 is 2.00 bits per heavy atom. The molecule has 0 N–H and O–H groups in total. The fourth-order valence-electron chi connectivity index (χ4n) is 1.01. The van der Waals surface area contributed by atoms with Crippen molar-refractivity contribution in [3.05, 3.63) is 24.0 Å². The van der Waals surface area contributed by atoms with Crippen LogP contribution in [0.3, 0.4) is 0 Å². The van der Waals surface area contributed by atoms with Crippen LogP contribution in [0.25, 0.3) is 0 Å². The maximum atomic E-state index is 4.05. The average molecular weight is 180 g/mol. The summed E-state index contributed by atoms with van der Waals surface area (Å²) in [6.45, 7) is 6.72. The average Bonchev–Trinajstić information content (AvgIpc) is 2.06. The molecule has 0 radical (unpaired) electrons. The lowest BCUT2D eigenvalue weighted by Crippen LogP contribution is -2.08. The van der Waals surface area contributed by atoms with Crippen LogP contribution in [0, 0.1) is 11.8 Å². The van der Waals surface area contributed by atoms with Gasteiger partial charge in [0.05, 0.1) is 5.69 Å². The topological polar surface area (TPSA) is 25.8 Å². The second kappa shape index (κ2) is 5.68. The second-order valence-electron chi connectivity index (χ2n) is 3.64. The van der Waals surface area contributed by atoms with E-state index in [1.165, 1.54) is 0 Å². The van der Waals surface area contributed by atoms with Gasteiger partial charge in [-0.05, 0) is 30.4 Å². The molecule has 0 fully saturated rings. The Kier molecular flexibility index (Phi) is 5.28. The van der Waals surface area contributed by atoms with E-state index >= 15 is 0 Å². The highest BCUT2D eigenvalue weighted by Gasteiger charge is 2.08. The van der Waals surface area contributed by atoms with Crippen LogP contribution in [0.15, 0.2) is 18.3 Å². The van der Waals surface area contributed by atoms with E-state index < -0.39 is 0 Å². The molecule has 0 saturated heterocycles. The van der Waals surface area contributed by atoms with Crippen molar-refractivity contribution >= 4 is 0 Å². The van der Waals surface area contributed by atoms with Gasteiger partial charge >= 0.3 is 0 Å². The van der Waals surface area contributed by atoms with E-state index in [2.05, 4.69) is 31.0 Å². The molecule has 0 aliphatic rings. The summed E-state index contributed by atoms with van der Waals surface area (Å²) in [6.07, 6.45) is 2.75. The molecule has 1 rings (SSSR count). The van der Waals surface area contributed by atoms with Gasteiger partial charge in [-0.2, -0.15) is 10.2 Å². The number of hydrogen-bond acceptors (Lipinski definition) is 2. The molecule has 0 bridgehead atoms. The van der Waals surface area contributed by atoms with Crippen LogP contribution in [0.2, 0.25) is 0 Å². The molecule has 1 heterocycles. The Morgan fingerprint density at radius 3 is 2.46 bits per heavy atom. The van der Waals surface area contributed by atoms with Crippen LogP contribution in [0.1, 0.15) is 33.9 Å². The molecule has 0 aromatic carbocycles. The summed E-state index contributed by atoms with van der Waals surface area (Å²) < 4.78 is 0. The summed E-state index contributed by atoms with van der Waals surface area (Å²) in [5, 5.41) is 7.90. The van der Waals surface area contributed by atoms with Crippen LogP contribution < -0.4 is 0 Å².